The Morgan fingerprint density at radius 3 is 3.06 bits per heavy atom. The zero-order valence-electron chi connectivity index (χ0n) is 8.33. The topological polar surface area (TPSA) is 61.1 Å². The summed E-state index contributed by atoms with van der Waals surface area (Å²) in [5.74, 6) is 0. The predicted molar refractivity (Wildman–Crippen MR) is 61.6 cm³/mol. The Morgan fingerprint density at radius 1 is 1.69 bits per heavy atom. The molecule has 2 aromatic rings. The third-order valence-electron chi connectivity index (χ3n) is 2.35. The maximum Gasteiger partial charge on any atom is 0.205 e. The number of pyridine rings is 1. The molecule has 16 heavy (non-hydrogen) atoms. The highest BCUT2D eigenvalue weighted by Gasteiger charge is 2.15. The molecule has 0 aliphatic carbocycles. The number of rotatable bonds is 2. The summed E-state index contributed by atoms with van der Waals surface area (Å²) in [7, 11) is 0. The Morgan fingerprint density at radius 2 is 2.44 bits per heavy atom. The lowest BCUT2D eigenvalue weighted by molar-refractivity contribution is 0.937. The molecule has 0 bridgehead atoms. The van der Waals surface area contributed by atoms with Crippen molar-refractivity contribution in [2.75, 3.05) is 0 Å². The van der Waals surface area contributed by atoms with Crippen molar-refractivity contribution in [3.05, 3.63) is 51.4 Å². The first-order chi connectivity index (χ1) is 7.70. The Labute approximate surface area is 96.4 Å². The number of nitrogens with zero attached hydrogens (tertiary/aromatic N) is 2. The van der Waals surface area contributed by atoms with E-state index >= 15 is 0 Å². The minimum atomic E-state index is -0.327. The third-order valence-corrected chi connectivity index (χ3v) is 2.75. The second-order valence-electron chi connectivity index (χ2n) is 3.26. The van der Waals surface area contributed by atoms with Crippen LogP contribution in [0.1, 0.15) is 11.1 Å². The van der Waals surface area contributed by atoms with Gasteiger partial charge in [-0.2, -0.15) is 5.26 Å². The molecule has 0 saturated heterocycles. The van der Waals surface area contributed by atoms with Crippen LogP contribution >= 0.6 is 11.6 Å². The van der Waals surface area contributed by atoms with Gasteiger partial charge in [0, 0.05) is 11.8 Å². The van der Waals surface area contributed by atoms with Crippen molar-refractivity contribution in [1.82, 2.24) is 9.61 Å². The third kappa shape index (κ3) is 1.34. The maximum atomic E-state index is 11.9. The highest BCUT2D eigenvalue weighted by atomic mass is 35.5. The van der Waals surface area contributed by atoms with Crippen molar-refractivity contribution in [2.24, 2.45) is 0 Å². The molecule has 0 aliphatic heterocycles. The van der Waals surface area contributed by atoms with E-state index in [1.54, 1.807) is 18.3 Å². The summed E-state index contributed by atoms with van der Waals surface area (Å²) < 4.78 is 1.51. The summed E-state index contributed by atoms with van der Waals surface area (Å²) in [6, 6.07) is 3.55. The molecule has 80 valence electrons. The summed E-state index contributed by atoms with van der Waals surface area (Å²) >= 11 is 6.07. The molecule has 0 aromatic carbocycles. The van der Waals surface area contributed by atoms with Gasteiger partial charge in [-0.1, -0.05) is 17.7 Å². The van der Waals surface area contributed by atoms with E-state index in [4.69, 9.17) is 16.9 Å². The molecular weight excluding hydrogens is 226 g/mol. The molecule has 1 N–H and O–H groups in total. The molecule has 5 heteroatoms. The number of nitriles is 1. The van der Waals surface area contributed by atoms with Crippen LogP contribution in [0.25, 0.3) is 5.52 Å². The second-order valence-corrected chi connectivity index (χ2v) is 3.62. The average molecular weight is 234 g/mol. The van der Waals surface area contributed by atoms with E-state index in [2.05, 4.69) is 11.7 Å². The molecule has 4 nitrogen and oxygen atoms in total. The molecule has 2 rings (SSSR count). The van der Waals surface area contributed by atoms with Gasteiger partial charge < -0.3 is 5.10 Å². The predicted octanol–water partition coefficient (Wildman–Crippen LogP) is 1.88. The standard InChI is InChI=1S/C11H8ClN3O/c1-2-3-7-10(16)8(6-13)9-4-5-14-15(9)11(7)12/h2,4-5,14H,1,3H2. The second kappa shape index (κ2) is 3.87. The van der Waals surface area contributed by atoms with Gasteiger partial charge in [-0.25, -0.2) is 4.52 Å². The van der Waals surface area contributed by atoms with Crippen LogP contribution in [0.2, 0.25) is 5.15 Å². The van der Waals surface area contributed by atoms with Crippen LogP contribution < -0.4 is 5.43 Å². The van der Waals surface area contributed by atoms with Gasteiger partial charge in [-0.3, -0.25) is 4.79 Å². The molecular formula is C11H8ClN3O. The molecule has 0 unspecified atom stereocenters. The molecule has 0 saturated carbocycles. The smallest absolute Gasteiger partial charge is 0.205 e. The van der Waals surface area contributed by atoms with Crippen molar-refractivity contribution in [3.63, 3.8) is 0 Å². The van der Waals surface area contributed by atoms with Crippen LogP contribution in [0.5, 0.6) is 0 Å². The first kappa shape index (κ1) is 10.5. The number of aromatic nitrogens is 2. The van der Waals surface area contributed by atoms with Crippen LogP contribution in [-0.2, 0) is 6.42 Å². The lowest BCUT2D eigenvalue weighted by Gasteiger charge is -2.05. The van der Waals surface area contributed by atoms with Crippen molar-refractivity contribution in [3.8, 4) is 6.07 Å². The number of fused-ring (bicyclic) bond motifs is 1. The van der Waals surface area contributed by atoms with E-state index in [1.807, 2.05) is 6.07 Å². The van der Waals surface area contributed by atoms with Gasteiger partial charge in [0.1, 0.15) is 16.8 Å². The highest BCUT2D eigenvalue weighted by Crippen LogP contribution is 2.17. The summed E-state index contributed by atoms with van der Waals surface area (Å²) in [6.45, 7) is 3.56. The van der Waals surface area contributed by atoms with Crippen molar-refractivity contribution in [2.45, 2.75) is 6.42 Å². The first-order valence-corrected chi connectivity index (χ1v) is 5.00. The summed E-state index contributed by atoms with van der Waals surface area (Å²) in [5, 5.41) is 12.1. The minimum Gasteiger partial charge on any atom is -0.300 e. The van der Waals surface area contributed by atoms with E-state index in [1.165, 1.54) is 4.52 Å². The van der Waals surface area contributed by atoms with E-state index < -0.39 is 0 Å². The number of aromatic amines is 1. The van der Waals surface area contributed by atoms with E-state index in [0.29, 0.717) is 22.7 Å². The average Bonchev–Trinajstić information content (AvgIpc) is 2.74. The molecule has 2 aromatic heterocycles. The van der Waals surface area contributed by atoms with Crippen molar-refractivity contribution < 1.29 is 0 Å². The van der Waals surface area contributed by atoms with Crippen LogP contribution in [-0.4, -0.2) is 9.61 Å². The van der Waals surface area contributed by atoms with Crippen molar-refractivity contribution >= 4 is 17.1 Å². The Bertz CT molecular complexity index is 660. The Balaban J connectivity index is 2.97. The van der Waals surface area contributed by atoms with E-state index in [9.17, 15) is 4.79 Å². The number of halogens is 1. The molecule has 2 heterocycles. The normalized spacial score (nSPS) is 10.2. The molecule has 0 spiro atoms. The molecule has 0 aliphatic rings. The van der Waals surface area contributed by atoms with E-state index in [-0.39, 0.29) is 11.0 Å². The van der Waals surface area contributed by atoms with Crippen LogP contribution in [0.4, 0.5) is 0 Å². The maximum absolute atomic E-state index is 11.9. The van der Waals surface area contributed by atoms with Gasteiger partial charge in [0.05, 0.1) is 5.52 Å². The fourth-order valence-corrected chi connectivity index (χ4v) is 1.92. The molecule has 0 radical (unpaired) electrons. The number of allylic oxidation sites excluding steroid dienone is 1. The minimum absolute atomic E-state index is 0.0995. The zero-order valence-corrected chi connectivity index (χ0v) is 9.08. The van der Waals surface area contributed by atoms with Crippen LogP contribution in [0, 0.1) is 11.3 Å². The zero-order chi connectivity index (χ0) is 11.7. The Hall–Kier alpha value is -1.99. The van der Waals surface area contributed by atoms with Crippen molar-refractivity contribution in [1.29, 1.82) is 5.26 Å². The lowest BCUT2D eigenvalue weighted by Crippen LogP contribution is -2.16. The quantitative estimate of drug-likeness (QED) is 0.636. The first-order valence-electron chi connectivity index (χ1n) is 4.62. The number of hydrogen-bond donors (Lipinski definition) is 1. The summed E-state index contributed by atoms with van der Waals surface area (Å²) in [6.07, 6.45) is 3.55. The van der Waals surface area contributed by atoms with Gasteiger partial charge in [0.25, 0.3) is 0 Å². The van der Waals surface area contributed by atoms with Gasteiger partial charge in [-0.05, 0) is 12.5 Å². The van der Waals surface area contributed by atoms with E-state index in [0.717, 1.165) is 0 Å². The summed E-state index contributed by atoms with van der Waals surface area (Å²) in [4.78, 5) is 11.9. The van der Waals surface area contributed by atoms with Crippen LogP contribution in [0.15, 0.2) is 29.7 Å². The largest absolute Gasteiger partial charge is 0.300 e. The number of hydrogen-bond acceptors (Lipinski definition) is 2. The fraction of sp³-hybridized carbons (Fsp3) is 0.0909. The fourth-order valence-electron chi connectivity index (χ4n) is 1.62. The molecule has 0 fully saturated rings. The lowest BCUT2D eigenvalue weighted by atomic mass is 10.1. The molecule has 0 amide bonds. The highest BCUT2D eigenvalue weighted by molar-refractivity contribution is 6.30. The SMILES string of the molecule is C=CCc1c(Cl)n2[nH]ccc2c(C#N)c1=O. The Kier molecular flexibility index (Phi) is 2.55. The molecule has 0 atom stereocenters. The number of nitrogens with one attached hydrogen (secondary N) is 1. The van der Waals surface area contributed by atoms with Gasteiger partial charge in [0.15, 0.2) is 0 Å². The van der Waals surface area contributed by atoms with Crippen LogP contribution in [0.3, 0.4) is 0 Å². The van der Waals surface area contributed by atoms with Gasteiger partial charge in [0.2, 0.25) is 5.43 Å². The van der Waals surface area contributed by atoms with Gasteiger partial charge >= 0.3 is 0 Å². The summed E-state index contributed by atoms with van der Waals surface area (Å²) in [5.41, 5.74) is 0.646. The van der Waals surface area contributed by atoms with Gasteiger partial charge in [-0.15, -0.1) is 6.58 Å². The monoisotopic (exact) mass is 233 g/mol. The number of H-pyrrole nitrogens is 1.